The molecule has 4 N–H and O–H groups in total. The van der Waals surface area contributed by atoms with E-state index in [1.54, 1.807) is 34.8 Å². The highest BCUT2D eigenvalue weighted by Gasteiger charge is 2.22. The molecule has 0 unspecified atom stereocenters. The van der Waals surface area contributed by atoms with Gasteiger partial charge in [0.05, 0.1) is 25.7 Å². The van der Waals surface area contributed by atoms with Crippen LogP contribution in [0.1, 0.15) is 22.3 Å². The van der Waals surface area contributed by atoms with Gasteiger partial charge in [-0.25, -0.2) is 0 Å². The third-order valence-corrected chi connectivity index (χ3v) is 14.6. The molecule has 0 aliphatic rings. The van der Waals surface area contributed by atoms with Crippen molar-refractivity contribution in [3.63, 3.8) is 0 Å². The lowest BCUT2D eigenvalue weighted by molar-refractivity contribution is -0.137. The monoisotopic (exact) mass is 796 g/mol. The summed E-state index contributed by atoms with van der Waals surface area (Å²) in [7, 11) is 0. The minimum absolute atomic E-state index is 0.0617. The molecule has 13 heteroatoms. The summed E-state index contributed by atoms with van der Waals surface area (Å²) in [5.74, 6) is -3.66. The zero-order chi connectivity index (χ0) is 37.2. The van der Waals surface area contributed by atoms with Crippen molar-refractivity contribution in [3.05, 3.63) is 119 Å². The molecule has 2 aromatic carbocycles. The third kappa shape index (κ3) is 8.40. The number of carboxylic acid groups (broad SMARTS) is 4. The first kappa shape index (κ1) is 36.2. The first-order valence-corrected chi connectivity index (χ1v) is 20.2. The second-order valence-corrected chi connectivity index (χ2v) is 17.5. The number of benzene rings is 2. The summed E-state index contributed by atoms with van der Waals surface area (Å²) in [6, 6.07) is 30.7. The molecule has 0 fully saturated rings. The standard InChI is InChI=1S/C40H28O8S5/c41-35(42)15-21-3-1-5-23(13-21)27-7-9-29(49-27)33-17-25(19-37(45)46)39(52-33)31-11-12-32(51-31)40-26(20-38(47)48)18-34(53-40)30-10-8-28(50-30)24-6-2-4-22(14-24)16-36(43)44/h1-14,17-18H,15-16,19-20H2,(H,41,42)(H,43,44)(H,45,46)(H,47,48). The highest BCUT2D eigenvalue weighted by atomic mass is 32.1. The smallest absolute Gasteiger partial charge is 0.307 e. The van der Waals surface area contributed by atoms with E-state index < -0.39 is 23.9 Å². The average Bonchev–Trinajstić information content (AvgIpc) is 3.93. The van der Waals surface area contributed by atoms with E-state index in [4.69, 9.17) is 0 Å². The fourth-order valence-electron chi connectivity index (χ4n) is 5.96. The Balaban J connectivity index is 1.19. The van der Waals surface area contributed by atoms with Gasteiger partial charge in [0.1, 0.15) is 0 Å². The van der Waals surface area contributed by atoms with E-state index in [2.05, 4.69) is 0 Å². The van der Waals surface area contributed by atoms with Gasteiger partial charge in [0.2, 0.25) is 0 Å². The molecule has 5 aromatic heterocycles. The molecule has 0 radical (unpaired) electrons. The molecular formula is C40H28O8S5. The van der Waals surface area contributed by atoms with Crippen molar-refractivity contribution in [1.29, 1.82) is 0 Å². The van der Waals surface area contributed by atoms with Crippen LogP contribution in [0, 0.1) is 0 Å². The molecule has 7 rings (SSSR count). The van der Waals surface area contributed by atoms with Crippen molar-refractivity contribution in [3.8, 4) is 59.9 Å². The van der Waals surface area contributed by atoms with Gasteiger partial charge in [-0.3, -0.25) is 19.2 Å². The zero-order valence-electron chi connectivity index (χ0n) is 27.5. The number of hydrogen-bond acceptors (Lipinski definition) is 9. The number of thiophene rings is 5. The molecule has 0 saturated carbocycles. The number of hydrogen-bond donors (Lipinski definition) is 4. The maximum Gasteiger partial charge on any atom is 0.307 e. The van der Waals surface area contributed by atoms with Gasteiger partial charge < -0.3 is 20.4 Å². The number of carbonyl (C=O) groups is 4. The van der Waals surface area contributed by atoms with E-state index >= 15 is 0 Å². The first-order chi connectivity index (χ1) is 25.5. The van der Waals surface area contributed by atoms with Crippen molar-refractivity contribution >= 4 is 80.6 Å². The lowest BCUT2D eigenvalue weighted by atomic mass is 10.1. The summed E-state index contributed by atoms with van der Waals surface area (Å²) in [5, 5.41) is 38.0. The van der Waals surface area contributed by atoms with Gasteiger partial charge in [-0.05, 0) is 94.0 Å². The van der Waals surface area contributed by atoms with Gasteiger partial charge in [0.25, 0.3) is 0 Å². The molecule has 0 atom stereocenters. The van der Waals surface area contributed by atoms with Gasteiger partial charge in [0, 0.05) is 48.8 Å². The van der Waals surface area contributed by atoms with E-state index in [1.165, 1.54) is 34.0 Å². The van der Waals surface area contributed by atoms with E-state index in [0.29, 0.717) is 22.3 Å². The molecular weight excluding hydrogens is 769 g/mol. The van der Waals surface area contributed by atoms with Crippen molar-refractivity contribution in [2.24, 2.45) is 0 Å². The summed E-state index contributed by atoms with van der Waals surface area (Å²) in [4.78, 5) is 55.6. The van der Waals surface area contributed by atoms with Crippen LogP contribution in [0.5, 0.6) is 0 Å². The maximum absolute atomic E-state index is 12.0. The molecule has 0 amide bonds. The summed E-state index contributed by atoms with van der Waals surface area (Å²) >= 11 is 7.65. The Morgan fingerprint density at radius 3 is 1.13 bits per heavy atom. The number of rotatable bonds is 14. The average molecular weight is 797 g/mol. The van der Waals surface area contributed by atoms with Crippen LogP contribution < -0.4 is 0 Å². The molecule has 5 heterocycles. The predicted molar refractivity (Wildman–Crippen MR) is 214 cm³/mol. The second-order valence-electron chi connectivity index (χ2n) is 12.1. The second kappa shape index (κ2) is 15.4. The Bertz CT molecular complexity index is 2340. The lowest BCUT2D eigenvalue weighted by Crippen LogP contribution is -1.99. The Kier molecular flexibility index (Phi) is 10.5. The summed E-state index contributed by atoms with van der Waals surface area (Å²) in [5.41, 5.74) is 4.65. The molecule has 0 aliphatic carbocycles. The summed E-state index contributed by atoms with van der Waals surface area (Å²) in [6.45, 7) is 0. The van der Waals surface area contributed by atoms with Crippen molar-refractivity contribution in [2.75, 3.05) is 0 Å². The van der Waals surface area contributed by atoms with Crippen LogP contribution in [0.3, 0.4) is 0 Å². The van der Waals surface area contributed by atoms with Gasteiger partial charge in [-0.1, -0.05) is 36.4 Å². The Morgan fingerprint density at radius 1 is 0.377 bits per heavy atom. The molecule has 53 heavy (non-hydrogen) atoms. The quantitative estimate of drug-likeness (QED) is 0.0850. The number of carboxylic acids is 4. The third-order valence-electron chi connectivity index (χ3n) is 8.19. The Labute approximate surface area is 323 Å². The minimum atomic E-state index is -0.940. The molecule has 7 aromatic rings. The SMILES string of the molecule is O=C(O)Cc1cccc(-c2ccc(-c3cc(CC(=O)O)c(-c4ccc(-c5sc(-c6ccc(-c7cccc(CC(=O)O)c7)s6)cc5CC(=O)O)s4)s3)s2)c1. The Hall–Kier alpha value is -5.18. The van der Waals surface area contributed by atoms with Gasteiger partial charge in [0.15, 0.2) is 0 Å². The van der Waals surface area contributed by atoms with Crippen LogP contribution in [-0.2, 0) is 44.9 Å². The molecule has 0 saturated heterocycles. The van der Waals surface area contributed by atoms with Crippen LogP contribution in [0.25, 0.3) is 59.9 Å². The Morgan fingerprint density at radius 2 is 0.736 bits per heavy atom. The van der Waals surface area contributed by atoms with Crippen LogP contribution in [0.15, 0.2) is 97.1 Å². The van der Waals surface area contributed by atoms with E-state index in [-0.39, 0.29) is 25.7 Å². The van der Waals surface area contributed by atoms with Crippen LogP contribution >= 0.6 is 56.7 Å². The van der Waals surface area contributed by atoms with Crippen LogP contribution in [0.4, 0.5) is 0 Å². The summed E-state index contributed by atoms with van der Waals surface area (Å²) < 4.78 is 0. The molecule has 8 nitrogen and oxygen atoms in total. The molecule has 0 aliphatic heterocycles. The van der Waals surface area contributed by atoms with E-state index in [9.17, 15) is 39.6 Å². The topological polar surface area (TPSA) is 149 Å². The van der Waals surface area contributed by atoms with Gasteiger partial charge >= 0.3 is 23.9 Å². The minimum Gasteiger partial charge on any atom is -0.481 e. The molecule has 0 spiro atoms. The largest absolute Gasteiger partial charge is 0.481 e. The van der Waals surface area contributed by atoms with Crippen molar-refractivity contribution in [2.45, 2.75) is 25.7 Å². The summed E-state index contributed by atoms with van der Waals surface area (Å²) in [6.07, 6.45) is -0.425. The first-order valence-electron chi connectivity index (χ1n) is 16.1. The van der Waals surface area contributed by atoms with Crippen LogP contribution in [-0.4, -0.2) is 44.3 Å². The maximum atomic E-state index is 12.0. The van der Waals surface area contributed by atoms with E-state index in [1.807, 2.05) is 84.9 Å². The predicted octanol–water partition coefficient (Wildman–Crippen LogP) is 10.5. The van der Waals surface area contributed by atoms with Crippen LogP contribution in [0.2, 0.25) is 0 Å². The molecule has 0 bridgehead atoms. The van der Waals surface area contributed by atoms with Gasteiger partial charge in [-0.15, -0.1) is 56.7 Å². The van der Waals surface area contributed by atoms with E-state index in [0.717, 1.165) is 59.9 Å². The normalized spacial score (nSPS) is 11.2. The highest BCUT2D eigenvalue weighted by molar-refractivity contribution is 7.30. The fourth-order valence-corrected chi connectivity index (χ4v) is 11.8. The zero-order valence-corrected chi connectivity index (χ0v) is 31.6. The van der Waals surface area contributed by atoms with Crippen molar-refractivity contribution < 1.29 is 39.6 Å². The fraction of sp³-hybridized carbons (Fsp3) is 0.100. The number of aliphatic carboxylic acids is 4. The highest BCUT2D eigenvalue weighted by Crippen LogP contribution is 2.49. The lowest BCUT2D eigenvalue weighted by Gasteiger charge is -2.01. The van der Waals surface area contributed by atoms with Crippen molar-refractivity contribution in [1.82, 2.24) is 0 Å². The van der Waals surface area contributed by atoms with Gasteiger partial charge in [-0.2, -0.15) is 0 Å². The molecule has 266 valence electrons.